The summed E-state index contributed by atoms with van der Waals surface area (Å²) in [5, 5.41) is 5.63. The quantitative estimate of drug-likeness (QED) is 0.601. The zero-order valence-corrected chi connectivity index (χ0v) is 17.1. The third-order valence-electron chi connectivity index (χ3n) is 4.53. The van der Waals surface area contributed by atoms with Gasteiger partial charge in [-0.1, -0.05) is 23.7 Å². The summed E-state index contributed by atoms with van der Waals surface area (Å²) in [6.07, 6.45) is 1.82. The zero-order chi connectivity index (χ0) is 19.7. The van der Waals surface area contributed by atoms with Gasteiger partial charge in [-0.25, -0.2) is 17.8 Å². The number of benzene rings is 2. The van der Waals surface area contributed by atoms with Crippen LogP contribution in [0.2, 0.25) is 5.02 Å². The van der Waals surface area contributed by atoms with Gasteiger partial charge in [0.2, 0.25) is 10.0 Å². The molecule has 1 aliphatic rings. The number of anilines is 2. The summed E-state index contributed by atoms with van der Waals surface area (Å²) in [6.45, 7) is 1.16. The molecule has 4 rings (SSSR count). The van der Waals surface area contributed by atoms with E-state index < -0.39 is 15.8 Å². The monoisotopic (exact) mass is 437 g/mol. The topological polar surface area (TPSA) is 62.3 Å². The number of hydrogen-bond acceptors (Lipinski definition) is 5. The summed E-state index contributed by atoms with van der Waals surface area (Å²) in [5.74, 6) is -0.476. The predicted octanol–water partition coefficient (Wildman–Crippen LogP) is 5.13. The standard InChI is InChI=1S/C19H17ClFN3O2S2/c20-16-11-14(5-8-17(16)21)22-19-23-18(12-27-19)13-3-6-15(7-4-13)28(25,26)24-9-1-2-10-24/h3-8,11-12H,1-2,9-10H2,(H,22,23). The van der Waals surface area contributed by atoms with Crippen molar-refractivity contribution in [3.63, 3.8) is 0 Å². The Morgan fingerprint density at radius 1 is 1.11 bits per heavy atom. The van der Waals surface area contributed by atoms with E-state index in [0.29, 0.717) is 28.8 Å². The van der Waals surface area contributed by atoms with Crippen LogP contribution in [0.5, 0.6) is 0 Å². The van der Waals surface area contributed by atoms with E-state index in [9.17, 15) is 12.8 Å². The first-order valence-corrected chi connectivity index (χ1v) is 11.4. The number of halogens is 2. The lowest BCUT2D eigenvalue weighted by atomic mass is 10.2. The minimum Gasteiger partial charge on any atom is -0.331 e. The molecule has 9 heteroatoms. The Kier molecular flexibility index (Phi) is 5.37. The van der Waals surface area contributed by atoms with E-state index in [1.165, 1.54) is 27.8 Å². The van der Waals surface area contributed by atoms with Crippen molar-refractivity contribution in [1.82, 2.24) is 9.29 Å². The summed E-state index contributed by atoms with van der Waals surface area (Å²) in [5.41, 5.74) is 2.19. The van der Waals surface area contributed by atoms with E-state index in [1.54, 1.807) is 30.3 Å². The molecule has 3 aromatic rings. The molecule has 1 aliphatic heterocycles. The van der Waals surface area contributed by atoms with Crippen LogP contribution >= 0.6 is 22.9 Å². The maximum atomic E-state index is 13.3. The molecule has 1 N–H and O–H groups in total. The highest BCUT2D eigenvalue weighted by atomic mass is 35.5. The fourth-order valence-corrected chi connectivity index (χ4v) is 5.47. The maximum absolute atomic E-state index is 13.3. The van der Waals surface area contributed by atoms with Crippen LogP contribution < -0.4 is 5.32 Å². The first-order valence-electron chi connectivity index (χ1n) is 8.72. The summed E-state index contributed by atoms with van der Waals surface area (Å²) in [7, 11) is -3.42. The maximum Gasteiger partial charge on any atom is 0.243 e. The first kappa shape index (κ1) is 19.3. The van der Waals surface area contributed by atoms with Gasteiger partial charge in [0.15, 0.2) is 5.13 Å². The largest absolute Gasteiger partial charge is 0.331 e. The molecule has 0 saturated carbocycles. The second kappa shape index (κ2) is 7.79. The molecule has 2 heterocycles. The van der Waals surface area contributed by atoms with Gasteiger partial charge in [0.25, 0.3) is 0 Å². The van der Waals surface area contributed by atoms with Crippen LogP contribution in [0, 0.1) is 5.82 Å². The van der Waals surface area contributed by atoms with Gasteiger partial charge in [-0.3, -0.25) is 0 Å². The summed E-state index contributed by atoms with van der Waals surface area (Å²) >= 11 is 7.19. The third kappa shape index (κ3) is 3.91. The molecule has 28 heavy (non-hydrogen) atoms. The Morgan fingerprint density at radius 3 is 2.50 bits per heavy atom. The highest BCUT2D eigenvalue weighted by Gasteiger charge is 2.27. The van der Waals surface area contributed by atoms with Gasteiger partial charge in [-0.2, -0.15) is 4.31 Å². The minimum atomic E-state index is -3.42. The molecular weight excluding hydrogens is 421 g/mol. The Labute approximate surface area is 171 Å². The lowest BCUT2D eigenvalue weighted by Gasteiger charge is -2.15. The normalized spacial score (nSPS) is 15.1. The molecule has 0 aliphatic carbocycles. The minimum absolute atomic E-state index is 0.0385. The number of nitrogens with one attached hydrogen (secondary N) is 1. The van der Waals surface area contributed by atoms with E-state index in [-0.39, 0.29) is 5.02 Å². The van der Waals surface area contributed by atoms with Crippen LogP contribution in [-0.2, 0) is 10.0 Å². The highest BCUT2D eigenvalue weighted by molar-refractivity contribution is 7.89. The molecule has 0 radical (unpaired) electrons. The van der Waals surface area contributed by atoms with E-state index in [0.717, 1.165) is 24.1 Å². The third-order valence-corrected chi connectivity index (χ3v) is 7.49. The van der Waals surface area contributed by atoms with Crippen molar-refractivity contribution in [3.8, 4) is 11.3 Å². The van der Waals surface area contributed by atoms with E-state index in [4.69, 9.17) is 11.6 Å². The predicted molar refractivity (Wildman–Crippen MR) is 110 cm³/mol. The van der Waals surface area contributed by atoms with Gasteiger partial charge >= 0.3 is 0 Å². The number of nitrogens with zero attached hydrogens (tertiary/aromatic N) is 2. The van der Waals surface area contributed by atoms with Crippen molar-refractivity contribution in [3.05, 3.63) is 58.7 Å². The SMILES string of the molecule is O=S(=O)(c1ccc(-c2csc(Nc3ccc(F)c(Cl)c3)n2)cc1)N1CCCC1. The average Bonchev–Trinajstić information content (AvgIpc) is 3.37. The number of aromatic nitrogens is 1. The molecule has 1 fully saturated rings. The van der Waals surface area contributed by atoms with Crippen LogP contribution in [0.3, 0.4) is 0 Å². The lowest BCUT2D eigenvalue weighted by molar-refractivity contribution is 0.477. The number of rotatable bonds is 5. The van der Waals surface area contributed by atoms with Crippen LogP contribution in [-0.4, -0.2) is 30.8 Å². The molecular formula is C19H17ClFN3O2S2. The molecule has 146 valence electrons. The second-order valence-electron chi connectivity index (χ2n) is 6.43. The fourth-order valence-electron chi connectivity index (χ4n) is 3.04. The molecule has 1 saturated heterocycles. The lowest BCUT2D eigenvalue weighted by Crippen LogP contribution is -2.27. The fraction of sp³-hybridized carbons (Fsp3) is 0.211. The molecule has 0 bridgehead atoms. The van der Waals surface area contributed by atoms with Crippen molar-refractivity contribution in [2.24, 2.45) is 0 Å². The molecule has 0 spiro atoms. The van der Waals surface area contributed by atoms with E-state index >= 15 is 0 Å². The number of thiazole rings is 1. The van der Waals surface area contributed by atoms with Crippen molar-refractivity contribution >= 4 is 43.8 Å². The number of hydrogen-bond donors (Lipinski definition) is 1. The number of sulfonamides is 1. The summed E-state index contributed by atoms with van der Waals surface area (Å²) in [4.78, 5) is 4.81. The van der Waals surface area contributed by atoms with Crippen LogP contribution in [0.25, 0.3) is 11.3 Å². The van der Waals surface area contributed by atoms with Crippen molar-refractivity contribution in [1.29, 1.82) is 0 Å². The van der Waals surface area contributed by atoms with Crippen LogP contribution in [0.4, 0.5) is 15.2 Å². The van der Waals surface area contributed by atoms with Gasteiger partial charge in [0.1, 0.15) is 5.82 Å². The Bertz CT molecular complexity index is 1090. The van der Waals surface area contributed by atoms with Crippen molar-refractivity contribution in [2.45, 2.75) is 17.7 Å². The second-order valence-corrected chi connectivity index (χ2v) is 9.63. The molecule has 2 aromatic carbocycles. The molecule has 1 aromatic heterocycles. The van der Waals surface area contributed by atoms with E-state index in [2.05, 4.69) is 10.3 Å². The Morgan fingerprint density at radius 2 is 1.82 bits per heavy atom. The summed E-state index contributed by atoms with van der Waals surface area (Å²) in [6, 6.07) is 11.1. The highest BCUT2D eigenvalue weighted by Crippen LogP contribution is 2.30. The zero-order valence-electron chi connectivity index (χ0n) is 14.7. The van der Waals surface area contributed by atoms with Gasteiger partial charge in [-0.05, 0) is 43.2 Å². The Hall–Kier alpha value is -2.00. The Balaban J connectivity index is 1.51. The smallest absolute Gasteiger partial charge is 0.243 e. The van der Waals surface area contributed by atoms with Crippen LogP contribution in [0.15, 0.2) is 52.7 Å². The van der Waals surface area contributed by atoms with Gasteiger partial charge in [0.05, 0.1) is 15.6 Å². The average molecular weight is 438 g/mol. The van der Waals surface area contributed by atoms with E-state index in [1.807, 2.05) is 5.38 Å². The molecule has 0 atom stereocenters. The summed E-state index contributed by atoms with van der Waals surface area (Å²) < 4.78 is 40.0. The molecule has 5 nitrogen and oxygen atoms in total. The molecule has 0 unspecified atom stereocenters. The first-order chi connectivity index (χ1) is 13.4. The van der Waals surface area contributed by atoms with Gasteiger partial charge in [-0.15, -0.1) is 11.3 Å². The van der Waals surface area contributed by atoms with Gasteiger partial charge in [0, 0.05) is 29.7 Å². The van der Waals surface area contributed by atoms with Crippen molar-refractivity contribution < 1.29 is 12.8 Å². The van der Waals surface area contributed by atoms with Crippen LogP contribution in [0.1, 0.15) is 12.8 Å². The molecule has 0 amide bonds. The van der Waals surface area contributed by atoms with Crippen molar-refractivity contribution in [2.75, 3.05) is 18.4 Å². The van der Waals surface area contributed by atoms with Gasteiger partial charge < -0.3 is 5.32 Å².